The van der Waals surface area contributed by atoms with Gasteiger partial charge >= 0.3 is 0 Å². The highest BCUT2D eigenvalue weighted by Gasteiger charge is 2.25. The normalized spacial score (nSPS) is 16.5. The van der Waals surface area contributed by atoms with Gasteiger partial charge in [0.2, 0.25) is 5.91 Å². The first-order valence-electron chi connectivity index (χ1n) is 9.28. The van der Waals surface area contributed by atoms with Crippen LogP contribution in [0.15, 0.2) is 52.9 Å². The van der Waals surface area contributed by atoms with E-state index in [1.54, 1.807) is 11.3 Å². The maximum atomic E-state index is 12.7. The monoisotopic (exact) mass is 424 g/mol. The number of benzene rings is 2. The molecule has 2 aromatic carbocycles. The molecule has 1 amide bonds. The fourth-order valence-corrected chi connectivity index (χ4v) is 5.01. The predicted octanol–water partition coefficient (Wildman–Crippen LogP) is 3.68. The molecule has 1 atom stereocenters. The molecule has 1 aliphatic heterocycles. The standard InChI is InChI=1S/C22H20N2O3S2/c1-2-16-6-5-7-17(12-16)27-14-18-13-24(10-11-26-18)21(25)15-28-22-23-19-8-3-4-9-20(19)29-22/h1,3-9,12,18H,10-11,13-15H2. The Balaban J connectivity index is 1.28. The number of rotatable bonds is 6. The number of morpholine rings is 1. The zero-order valence-electron chi connectivity index (χ0n) is 15.7. The summed E-state index contributed by atoms with van der Waals surface area (Å²) in [5.41, 5.74) is 1.75. The molecule has 2 heterocycles. The first-order chi connectivity index (χ1) is 14.2. The highest BCUT2D eigenvalue weighted by Crippen LogP contribution is 2.29. The zero-order chi connectivity index (χ0) is 20.1. The van der Waals surface area contributed by atoms with E-state index in [1.165, 1.54) is 11.8 Å². The molecular weight excluding hydrogens is 404 g/mol. The van der Waals surface area contributed by atoms with Crippen LogP contribution in [-0.2, 0) is 9.53 Å². The second-order valence-corrected chi connectivity index (χ2v) is 8.81. The van der Waals surface area contributed by atoms with Crippen molar-refractivity contribution < 1.29 is 14.3 Å². The lowest BCUT2D eigenvalue weighted by Crippen LogP contribution is -2.48. The van der Waals surface area contributed by atoms with Gasteiger partial charge in [-0.25, -0.2) is 4.98 Å². The maximum absolute atomic E-state index is 12.7. The van der Waals surface area contributed by atoms with Gasteiger partial charge in [-0.15, -0.1) is 17.8 Å². The number of aromatic nitrogens is 1. The molecule has 148 valence electrons. The summed E-state index contributed by atoms with van der Waals surface area (Å²) < 4.78 is 13.6. The number of para-hydroxylation sites is 1. The van der Waals surface area contributed by atoms with Gasteiger partial charge in [-0.2, -0.15) is 0 Å². The Morgan fingerprint density at radius 2 is 2.24 bits per heavy atom. The van der Waals surface area contributed by atoms with E-state index in [9.17, 15) is 4.79 Å². The minimum atomic E-state index is -0.158. The fraction of sp³-hybridized carbons (Fsp3) is 0.273. The Labute approximate surface area is 178 Å². The predicted molar refractivity (Wildman–Crippen MR) is 117 cm³/mol. The van der Waals surface area contributed by atoms with Crippen LogP contribution in [0.5, 0.6) is 5.75 Å². The Kier molecular flexibility index (Phi) is 6.35. The van der Waals surface area contributed by atoms with Crippen molar-refractivity contribution in [1.82, 2.24) is 9.88 Å². The van der Waals surface area contributed by atoms with Crippen molar-refractivity contribution in [3.63, 3.8) is 0 Å². The molecule has 1 fully saturated rings. The minimum Gasteiger partial charge on any atom is -0.491 e. The van der Waals surface area contributed by atoms with Gasteiger partial charge in [0.05, 0.1) is 29.1 Å². The quantitative estimate of drug-likeness (QED) is 0.446. The van der Waals surface area contributed by atoms with Crippen molar-refractivity contribution in [2.45, 2.75) is 10.4 Å². The second kappa shape index (κ2) is 9.31. The molecule has 4 rings (SSSR count). The van der Waals surface area contributed by atoms with Crippen molar-refractivity contribution >= 4 is 39.2 Å². The largest absolute Gasteiger partial charge is 0.491 e. The number of carbonyl (C=O) groups excluding carboxylic acids is 1. The molecule has 1 aromatic heterocycles. The molecule has 0 N–H and O–H groups in total. The van der Waals surface area contributed by atoms with Gasteiger partial charge in [-0.1, -0.05) is 35.9 Å². The second-order valence-electron chi connectivity index (χ2n) is 6.55. The third kappa shape index (κ3) is 5.10. The average molecular weight is 425 g/mol. The molecule has 0 saturated carbocycles. The number of nitrogens with zero attached hydrogens (tertiary/aromatic N) is 2. The van der Waals surface area contributed by atoms with E-state index < -0.39 is 0 Å². The van der Waals surface area contributed by atoms with Gasteiger partial charge in [-0.05, 0) is 30.3 Å². The van der Waals surface area contributed by atoms with E-state index in [2.05, 4.69) is 10.9 Å². The first kappa shape index (κ1) is 19.8. The molecule has 5 nitrogen and oxygen atoms in total. The van der Waals surface area contributed by atoms with Crippen LogP contribution in [0.4, 0.5) is 0 Å². The van der Waals surface area contributed by atoms with Crippen LogP contribution in [0.25, 0.3) is 10.2 Å². The summed E-state index contributed by atoms with van der Waals surface area (Å²) in [5, 5.41) is 0. The topological polar surface area (TPSA) is 51.7 Å². The fourth-order valence-electron chi connectivity index (χ4n) is 3.04. The molecule has 1 aliphatic rings. The third-order valence-electron chi connectivity index (χ3n) is 4.52. The summed E-state index contributed by atoms with van der Waals surface area (Å²) in [5.74, 6) is 3.77. The molecule has 3 aromatic rings. The van der Waals surface area contributed by atoms with Crippen LogP contribution in [0, 0.1) is 12.3 Å². The van der Waals surface area contributed by atoms with E-state index in [0.29, 0.717) is 37.8 Å². The molecule has 7 heteroatoms. The number of terminal acetylenes is 1. The van der Waals surface area contributed by atoms with Gasteiger partial charge in [0.1, 0.15) is 18.5 Å². The van der Waals surface area contributed by atoms with Crippen molar-refractivity contribution in [2.24, 2.45) is 0 Å². The number of hydrogen-bond donors (Lipinski definition) is 0. The number of hydrogen-bond acceptors (Lipinski definition) is 6. The summed E-state index contributed by atoms with van der Waals surface area (Å²) in [6.45, 7) is 2.01. The number of fused-ring (bicyclic) bond motifs is 1. The highest BCUT2D eigenvalue weighted by molar-refractivity contribution is 8.01. The molecule has 0 bridgehead atoms. The molecule has 29 heavy (non-hydrogen) atoms. The summed E-state index contributed by atoms with van der Waals surface area (Å²) in [4.78, 5) is 19.1. The average Bonchev–Trinajstić information content (AvgIpc) is 3.19. The molecular formula is C22H20N2O3S2. The molecule has 0 radical (unpaired) electrons. The van der Waals surface area contributed by atoms with Crippen LogP contribution in [0.3, 0.4) is 0 Å². The van der Waals surface area contributed by atoms with Gasteiger partial charge in [-0.3, -0.25) is 4.79 Å². The maximum Gasteiger partial charge on any atom is 0.233 e. The Hall–Kier alpha value is -2.53. The summed E-state index contributed by atoms with van der Waals surface area (Å²) >= 11 is 3.11. The smallest absolute Gasteiger partial charge is 0.233 e. The van der Waals surface area contributed by atoms with E-state index in [4.69, 9.17) is 15.9 Å². The molecule has 1 unspecified atom stereocenters. The van der Waals surface area contributed by atoms with Gasteiger partial charge < -0.3 is 14.4 Å². The Bertz CT molecular complexity index is 1010. The van der Waals surface area contributed by atoms with Gasteiger partial charge in [0.15, 0.2) is 4.34 Å². The van der Waals surface area contributed by atoms with Crippen LogP contribution in [0.1, 0.15) is 5.56 Å². The number of thiazole rings is 1. The first-order valence-corrected chi connectivity index (χ1v) is 11.1. The lowest BCUT2D eigenvalue weighted by atomic mass is 10.2. The molecule has 0 aliphatic carbocycles. The van der Waals surface area contributed by atoms with Crippen LogP contribution >= 0.6 is 23.1 Å². The number of amides is 1. The third-order valence-corrected chi connectivity index (χ3v) is 6.69. The zero-order valence-corrected chi connectivity index (χ0v) is 17.4. The molecule has 1 saturated heterocycles. The number of thioether (sulfide) groups is 1. The lowest BCUT2D eigenvalue weighted by Gasteiger charge is -2.32. The van der Waals surface area contributed by atoms with Crippen molar-refractivity contribution in [3.8, 4) is 18.1 Å². The Morgan fingerprint density at radius 1 is 1.34 bits per heavy atom. The van der Waals surface area contributed by atoms with Crippen LogP contribution < -0.4 is 4.74 Å². The van der Waals surface area contributed by atoms with Crippen molar-refractivity contribution in [2.75, 3.05) is 32.1 Å². The minimum absolute atomic E-state index is 0.0943. The Morgan fingerprint density at radius 3 is 3.10 bits per heavy atom. The van der Waals surface area contributed by atoms with Crippen molar-refractivity contribution in [1.29, 1.82) is 0 Å². The number of ether oxygens (including phenoxy) is 2. The van der Waals surface area contributed by atoms with Gasteiger partial charge in [0.25, 0.3) is 0 Å². The van der Waals surface area contributed by atoms with Crippen LogP contribution in [-0.4, -0.2) is 54.0 Å². The summed E-state index contributed by atoms with van der Waals surface area (Å²) in [6.07, 6.45) is 5.26. The SMILES string of the molecule is C#Cc1cccc(OCC2CN(C(=O)CSc3nc4ccccc4s3)CCO2)c1. The summed E-state index contributed by atoms with van der Waals surface area (Å²) in [6, 6.07) is 15.4. The van der Waals surface area contributed by atoms with E-state index in [0.717, 1.165) is 20.1 Å². The highest BCUT2D eigenvalue weighted by atomic mass is 32.2. The van der Waals surface area contributed by atoms with Gasteiger partial charge in [0, 0.05) is 12.1 Å². The lowest BCUT2D eigenvalue weighted by molar-refractivity contribution is -0.137. The van der Waals surface area contributed by atoms with Crippen LogP contribution in [0.2, 0.25) is 0 Å². The van der Waals surface area contributed by atoms with E-state index >= 15 is 0 Å². The summed E-state index contributed by atoms with van der Waals surface area (Å²) in [7, 11) is 0. The van der Waals surface area contributed by atoms with E-state index in [-0.39, 0.29) is 12.0 Å². The van der Waals surface area contributed by atoms with E-state index in [1.807, 2.05) is 53.4 Å². The molecule has 0 spiro atoms. The van der Waals surface area contributed by atoms with Crippen molar-refractivity contribution in [3.05, 3.63) is 54.1 Å². The number of carbonyl (C=O) groups is 1.